The van der Waals surface area contributed by atoms with E-state index in [1.54, 1.807) is 0 Å². The van der Waals surface area contributed by atoms with Crippen LogP contribution in [0.2, 0.25) is 5.02 Å². The Morgan fingerprint density at radius 3 is 2.71 bits per heavy atom. The van der Waals surface area contributed by atoms with Gasteiger partial charge in [-0.05, 0) is 36.8 Å². The van der Waals surface area contributed by atoms with Gasteiger partial charge in [-0.3, -0.25) is 0 Å². The lowest BCUT2D eigenvalue weighted by Gasteiger charge is -2.27. The lowest BCUT2D eigenvalue weighted by atomic mass is 9.85. The highest BCUT2D eigenvalue weighted by atomic mass is 35.5. The van der Waals surface area contributed by atoms with E-state index in [9.17, 15) is 0 Å². The van der Waals surface area contributed by atoms with E-state index >= 15 is 0 Å². The zero-order chi connectivity index (χ0) is 15.5. The van der Waals surface area contributed by atoms with E-state index in [1.165, 1.54) is 30.5 Å². The van der Waals surface area contributed by atoms with Crippen molar-refractivity contribution >= 4 is 17.3 Å². The Labute approximate surface area is 134 Å². The molecule has 2 nitrogen and oxygen atoms in total. The van der Waals surface area contributed by atoms with Gasteiger partial charge in [0, 0.05) is 41.9 Å². The largest absolute Gasteiger partial charge is 0.371 e. The van der Waals surface area contributed by atoms with Gasteiger partial charge in [0.15, 0.2) is 0 Å². The zero-order valence-electron chi connectivity index (χ0n) is 13.9. The third kappa shape index (κ3) is 4.62. The van der Waals surface area contributed by atoms with Gasteiger partial charge < -0.3 is 10.2 Å². The van der Waals surface area contributed by atoms with Crippen molar-refractivity contribution in [3.05, 3.63) is 28.8 Å². The molecule has 0 amide bonds. The van der Waals surface area contributed by atoms with Gasteiger partial charge in [0.25, 0.3) is 0 Å². The molecule has 0 aliphatic carbocycles. The van der Waals surface area contributed by atoms with Gasteiger partial charge in [-0.1, -0.05) is 45.4 Å². The van der Waals surface area contributed by atoms with Gasteiger partial charge in [-0.2, -0.15) is 0 Å². The van der Waals surface area contributed by atoms with E-state index < -0.39 is 0 Å². The van der Waals surface area contributed by atoms with Gasteiger partial charge in [-0.25, -0.2) is 0 Å². The molecule has 1 aliphatic rings. The first-order valence-corrected chi connectivity index (χ1v) is 8.52. The zero-order valence-corrected chi connectivity index (χ0v) is 14.6. The molecule has 1 N–H and O–H groups in total. The SMILES string of the molecule is CC(C)NCc1c(Cl)cccc1N1CCCC(C)(C)CC1. The highest BCUT2D eigenvalue weighted by Gasteiger charge is 2.24. The summed E-state index contributed by atoms with van der Waals surface area (Å²) in [6.45, 7) is 12.2. The molecule has 0 unspecified atom stereocenters. The number of halogens is 1. The first kappa shape index (κ1) is 16.6. The lowest BCUT2D eigenvalue weighted by Crippen LogP contribution is -2.28. The molecule has 0 atom stereocenters. The molecule has 1 saturated heterocycles. The van der Waals surface area contributed by atoms with E-state index in [-0.39, 0.29) is 0 Å². The fraction of sp³-hybridized carbons (Fsp3) is 0.667. The number of rotatable bonds is 4. The van der Waals surface area contributed by atoms with Crippen LogP contribution >= 0.6 is 11.6 Å². The van der Waals surface area contributed by atoms with Crippen molar-refractivity contribution in [3.63, 3.8) is 0 Å². The second-order valence-corrected chi connectivity index (χ2v) is 7.69. The molecule has 3 heteroatoms. The second-order valence-electron chi connectivity index (χ2n) is 7.28. The van der Waals surface area contributed by atoms with E-state index in [2.05, 4.69) is 50.0 Å². The van der Waals surface area contributed by atoms with Gasteiger partial charge in [0.05, 0.1) is 0 Å². The van der Waals surface area contributed by atoms with Crippen LogP contribution in [0.4, 0.5) is 5.69 Å². The fourth-order valence-electron chi connectivity index (χ4n) is 2.99. The standard InChI is InChI=1S/C18H29ClN2/c1-14(2)20-13-15-16(19)7-5-8-17(15)21-11-6-9-18(3,4)10-12-21/h5,7-8,14,20H,6,9-13H2,1-4H3. The summed E-state index contributed by atoms with van der Waals surface area (Å²) >= 11 is 6.46. The summed E-state index contributed by atoms with van der Waals surface area (Å²) in [6.07, 6.45) is 3.82. The van der Waals surface area contributed by atoms with Crippen LogP contribution in [-0.4, -0.2) is 19.1 Å². The van der Waals surface area contributed by atoms with Crippen LogP contribution in [0, 0.1) is 5.41 Å². The summed E-state index contributed by atoms with van der Waals surface area (Å²) in [6, 6.07) is 6.77. The van der Waals surface area contributed by atoms with Gasteiger partial charge >= 0.3 is 0 Å². The first-order chi connectivity index (χ1) is 9.89. The number of nitrogens with zero attached hydrogens (tertiary/aromatic N) is 1. The van der Waals surface area contributed by atoms with E-state index in [0.717, 1.165) is 24.7 Å². The van der Waals surface area contributed by atoms with Crippen molar-refractivity contribution in [1.82, 2.24) is 5.32 Å². The summed E-state index contributed by atoms with van der Waals surface area (Å²) in [5.74, 6) is 0. The number of nitrogens with one attached hydrogen (secondary N) is 1. The van der Waals surface area contributed by atoms with Crippen LogP contribution in [0.1, 0.15) is 52.5 Å². The summed E-state index contributed by atoms with van der Waals surface area (Å²) in [7, 11) is 0. The molecule has 0 spiro atoms. The highest BCUT2D eigenvalue weighted by Crippen LogP contribution is 2.34. The Morgan fingerprint density at radius 1 is 1.24 bits per heavy atom. The summed E-state index contributed by atoms with van der Waals surface area (Å²) in [5.41, 5.74) is 3.02. The molecule has 1 aromatic rings. The maximum atomic E-state index is 6.46. The summed E-state index contributed by atoms with van der Waals surface area (Å²) < 4.78 is 0. The minimum absolute atomic E-state index is 0.462. The molecular formula is C18H29ClN2. The highest BCUT2D eigenvalue weighted by molar-refractivity contribution is 6.31. The van der Waals surface area contributed by atoms with Crippen LogP contribution in [0.3, 0.4) is 0 Å². The number of anilines is 1. The minimum Gasteiger partial charge on any atom is -0.371 e. The van der Waals surface area contributed by atoms with Crippen molar-refractivity contribution in [1.29, 1.82) is 0 Å². The van der Waals surface area contributed by atoms with Gasteiger partial charge in [0.2, 0.25) is 0 Å². The molecule has 0 radical (unpaired) electrons. The predicted octanol–water partition coefficient (Wildman–Crippen LogP) is 4.85. The Bertz CT molecular complexity index is 468. The molecule has 21 heavy (non-hydrogen) atoms. The average Bonchev–Trinajstić information content (AvgIpc) is 2.58. The predicted molar refractivity (Wildman–Crippen MR) is 93.3 cm³/mol. The van der Waals surface area contributed by atoms with Crippen molar-refractivity contribution in [2.75, 3.05) is 18.0 Å². The van der Waals surface area contributed by atoms with E-state index in [1.807, 2.05) is 6.07 Å². The van der Waals surface area contributed by atoms with Crippen LogP contribution in [0.15, 0.2) is 18.2 Å². The topological polar surface area (TPSA) is 15.3 Å². The van der Waals surface area contributed by atoms with Gasteiger partial charge in [0.1, 0.15) is 0 Å². The van der Waals surface area contributed by atoms with Gasteiger partial charge in [-0.15, -0.1) is 0 Å². The fourth-order valence-corrected chi connectivity index (χ4v) is 3.22. The maximum Gasteiger partial charge on any atom is 0.0471 e. The van der Waals surface area contributed by atoms with Crippen molar-refractivity contribution < 1.29 is 0 Å². The number of hydrogen-bond acceptors (Lipinski definition) is 2. The molecule has 118 valence electrons. The average molecular weight is 309 g/mol. The summed E-state index contributed by atoms with van der Waals surface area (Å²) in [5, 5.41) is 4.38. The molecule has 1 aliphatic heterocycles. The molecule has 0 aromatic heterocycles. The quantitative estimate of drug-likeness (QED) is 0.855. The lowest BCUT2D eigenvalue weighted by molar-refractivity contribution is 0.325. The number of benzene rings is 1. The normalized spacial score (nSPS) is 18.9. The van der Waals surface area contributed by atoms with Crippen molar-refractivity contribution in [3.8, 4) is 0 Å². The Balaban J connectivity index is 2.20. The van der Waals surface area contributed by atoms with Crippen LogP contribution in [0.25, 0.3) is 0 Å². The third-order valence-electron chi connectivity index (χ3n) is 4.46. The first-order valence-electron chi connectivity index (χ1n) is 8.15. The Morgan fingerprint density at radius 2 is 2.00 bits per heavy atom. The second kappa shape index (κ2) is 7.02. The van der Waals surface area contributed by atoms with Crippen LogP contribution in [0.5, 0.6) is 0 Å². The summed E-state index contributed by atoms with van der Waals surface area (Å²) in [4.78, 5) is 2.53. The number of hydrogen-bond donors (Lipinski definition) is 1. The maximum absolute atomic E-state index is 6.46. The van der Waals surface area contributed by atoms with E-state index in [4.69, 9.17) is 11.6 Å². The molecule has 1 aromatic carbocycles. The minimum atomic E-state index is 0.462. The Hall–Kier alpha value is -0.730. The molecule has 2 rings (SSSR count). The molecule has 1 heterocycles. The van der Waals surface area contributed by atoms with E-state index in [0.29, 0.717) is 11.5 Å². The monoisotopic (exact) mass is 308 g/mol. The third-order valence-corrected chi connectivity index (χ3v) is 4.82. The van der Waals surface area contributed by atoms with Crippen molar-refractivity contribution in [2.45, 2.75) is 59.5 Å². The Kier molecular flexibility index (Phi) is 5.56. The smallest absolute Gasteiger partial charge is 0.0471 e. The van der Waals surface area contributed by atoms with Crippen molar-refractivity contribution in [2.24, 2.45) is 5.41 Å². The van der Waals surface area contributed by atoms with Crippen LogP contribution < -0.4 is 10.2 Å². The molecule has 0 bridgehead atoms. The van der Waals surface area contributed by atoms with Crippen LogP contribution in [-0.2, 0) is 6.54 Å². The molecule has 1 fully saturated rings. The molecule has 0 saturated carbocycles. The molecular weight excluding hydrogens is 280 g/mol.